The van der Waals surface area contributed by atoms with Gasteiger partial charge in [-0.3, -0.25) is 4.79 Å². The van der Waals surface area contributed by atoms with E-state index in [0.717, 1.165) is 16.7 Å². The van der Waals surface area contributed by atoms with E-state index in [0.29, 0.717) is 23.6 Å². The highest BCUT2D eigenvalue weighted by atomic mass is 35.5. The Morgan fingerprint density at radius 1 is 1.12 bits per heavy atom. The number of amides is 1. The zero-order chi connectivity index (χ0) is 18.0. The van der Waals surface area contributed by atoms with E-state index in [1.54, 1.807) is 0 Å². The number of anilines is 1. The highest BCUT2D eigenvalue weighted by molar-refractivity contribution is 6.30. The first-order valence-corrected chi connectivity index (χ1v) is 8.37. The third kappa shape index (κ3) is 4.00. The molecule has 0 saturated carbocycles. The molecule has 2 N–H and O–H groups in total. The molecule has 0 spiro atoms. The summed E-state index contributed by atoms with van der Waals surface area (Å²) in [6.07, 6.45) is -0.877. The maximum Gasteiger partial charge on any atom is 0.332 e. The van der Waals surface area contributed by atoms with Crippen LogP contribution in [-0.4, -0.2) is 29.2 Å². The lowest BCUT2D eigenvalue weighted by atomic mass is 10.0. The molecule has 1 heterocycles. The molecule has 5 nitrogen and oxygen atoms in total. The number of benzene rings is 2. The van der Waals surface area contributed by atoms with Crippen molar-refractivity contribution in [3.63, 3.8) is 0 Å². The van der Waals surface area contributed by atoms with Crippen LogP contribution in [0.3, 0.4) is 0 Å². The third-order valence-electron chi connectivity index (χ3n) is 4.23. The van der Waals surface area contributed by atoms with Gasteiger partial charge in [-0.2, -0.15) is 0 Å². The minimum absolute atomic E-state index is 0.317. The second-order valence-corrected chi connectivity index (χ2v) is 6.49. The van der Waals surface area contributed by atoms with E-state index >= 15 is 0 Å². The van der Waals surface area contributed by atoms with Crippen LogP contribution in [0.4, 0.5) is 5.69 Å². The van der Waals surface area contributed by atoms with E-state index in [4.69, 9.17) is 21.4 Å². The van der Waals surface area contributed by atoms with Gasteiger partial charge in [-0.05, 0) is 60.7 Å². The molecule has 1 aliphatic rings. The zero-order valence-electron chi connectivity index (χ0n) is 13.7. The molecule has 0 bridgehead atoms. The maximum atomic E-state index is 12.3. The lowest BCUT2D eigenvalue weighted by molar-refractivity contribution is -0.150. The average Bonchev–Trinajstić information content (AvgIpc) is 3.07. The molecular weight excluding hydrogens is 342 g/mol. The molecule has 1 saturated heterocycles. The molecule has 1 amide bonds. The van der Waals surface area contributed by atoms with E-state index in [1.165, 1.54) is 0 Å². The second-order valence-electron chi connectivity index (χ2n) is 6.06. The molecule has 2 aromatic rings. The molecule has 0 aliphatic carbocycles. The number of carbonyl (C=O) groups is 2. The summed E-state index contributed by atoms with van der Waals surface area (Å²) in [4.78, 5) is 23.2. The van der Waals surface area contributed by atoms with Gasteiger partial charge in [0.2, 0.25) is 0 Å². The summed E-state index contributed by atoms with van der Waals surface area (Å²) in [5.74, 6) is -1.35. The molecule has 0 radical (unpaired) electrons. The summed E-state index contributed by atoms with van der Waals surface area (Å²) in [6.45, 7) is 1.90. The Bertz CT molecular complexity index is 821. The predicted molar refractivity (Wildman–Crippen MR) is 95.8 cm³/mol. The molecule has 2 aromatic carbocycles. The minimum Gasteiger partial charge on any atom is -0.479 e. The van der Waals surface area contributed by atoms with Crippen LogP contribution in [0.2, 0.25) is 5.02 Å². The number of ether oxygens (including phenoxy) is 1. The normalized spacial score (nSPS) is 19.6. The second kappa shape index (κ2) is 7.25. The molecule has 0 unspecified atom stereocenters. The number of aliphatic carboxylic acids is 1. The number of hydrogen-bond donors (Lipinski definition) is 2. The van der Waals surface area contributed by atoms with Gasteiger partial charge in [-0.1, -0.05) is 29.8 Å². The first-order valence-electron chi connectivity index (χ1n) is 8.00. The average molecular weight is 360 g/mol. The molecule has 6 heteroatoms. The van der Waals surface area contributed by atoms with Gasteiger partial charge < -0.3 is 15.2 Å². The number of nitrogens with one attached hydrogen (secondary N) is 1. The Morgan fingerprint density at radius 2 is 1.84 bits per heavy atom. The van der Waals surface area contributed by atoms with Gasteiger partial charge in [0.15, 0.2) is 6.10 Å². The van der Waals surface area contributed by atoms with Gasteiger partial charge in [0.05, 0.1) is 0 Å². The third-order valence-corrected chi connectivity index (χ3v) is 4.46. The van der Waals surface area contributed by atoms with E-state index in [9.17, 15) is 9.59 Å². The van der Waals surface area contributed by atoms with E-state index in [-0.39, 0.29) is 5.91 Å². The number of hydrogen-bond acceptors (Lipinski definition) is 3. The standard InChI is InChI=1S/C19H18ClNO4/c1-11-9-13(12-3-2-4-14(20)10-12)5-6-15(11)21-18(22)16-7-8-17(25-16)19(23)24/h2-6,9-10,16-17H,7-8H2,1H3,(H,21,22)(H,23,24)/t16-,17+/m0/s1. The molecule has 0 aromatic heterocycles. The summed E-state index contributed by atoms with van der Waals surface area (Å²) in [6, 6.07) is 13.3. The van der Waals surface area contributed by atoms with Crippen molar-refractivity contribution >= 4 is 29.2 Å². The van der Waals surface area contributed by atoms with E-state index in [1.807, 2.05) is 49.4 Å². The number of carboxylic acids is 1. The van der Waals surface area contributed by atoms with Crippen LogP contribution < -0.4 is 5.32 Å². The zero-order valence-corrected chi connectivity index (χ0v) is 14.4. The lowest BCUT2D eigenvalue weighted by Gasteiger charge is -2.14. The fraction of sp³-hybridized carbons (Fsp3) is 0.263. The van der Waals surface area contributed by atoms with Gasteiger partial charge in [0, 0.05) is 10.7 Å². The van der Waals surface area contributed by atoms with Gasteiger partial charge in [0.25, 0.3) is 5.91 Å². The van der Waals surface area contributed by atoms with Crippen molar-refractivity contribution in [1.29, 1.82) is 0 Å². The molecule has 3 rings (SSSR count). The number of aryl methyl sites for hydroxylation is 1. The summed E-state index contributed by atoms with van der Waals surface area (Å²) in [5, 5.41) is 12.4. The van der Waals surface area contributed by atoms with Crippen molar-refractivity contribution in [1.82, 2.24) is 0 Å². The Morgan fingerprint density at radius 3 is 2.48 bits per heavy atom. The van der Waals surface area contributed by atoms with Crippen molar-refractivity contribution in [3.05, 3.63) is 53.1 Å². The Kier molecular flexibility index (Phi) is 5.06. The van der Waals surface area contributed by atoms with Gasteiger partial charge in [-0.15, -0.1) is 0 Å². The quantitative estimate of drug-likeness (QED) is 0.868. The summed E-state index contributed by atoms with van der Waals surface area (Å²) >= 11 is 6.03. The highest BCUT2D eigenvalue weighted by Crippen LogP contribution is 2.28. The lowest BCUT2D eigenvalue weighted by Crippen LogP contribution is -2.30. The fourth-order valence-corrected chi connectivity index (χ4v) is 3.07. The SMILES string of the molecule is Cc1cc(-c2cccc(Cl)c2)ccc1NC(=O)[C@@H]1CC[C@H](C(=O)O)O1. The number of carbonyl (C=O) groups excluding carboxylic acids is 1. The van der Waals surface area contributed by atoms with Crippen LogP contribution in [0.1, 0.15) is 18.4 Å². The molecule has 1 aliphatic heterocycles. The van der Waals surface area contributed by atoms with Crippen molar-refractivity contribution in [3.8, 4) is 11.1 Å². The molecular formula is C19H18ClNO4. The monoisotopic (exact) mass is 359 g/mol. The van der Waals surface area contributed by atoms with Crippen LogP contribution in [0.25, 0.3) is 11.1 Å². The molecule has 1 fully saturated rings. The van der Waals surface area contributed by atoms with Crippen LogP contribution in [0, 0.1) is 6.92 Å². The molecule has 130 valence electrons. The van der Waals surface area contributed by atoms with Crippen LogP contribution in [0.5, 0.6) is 0 Å². The van der Waals surface area contributed by atoms with Crippen LogP contribution in [0.15, 0.2) is 42.5 Å². The van der Waals surface area contributed by atoms with Crippen LogP contribution in [-0.2, 0) is 14.3 Å². The number of carboxylic acid groups (broad SMARTS) is 1. The van der Waals surface area contributed by atoms with Gasteiger partial charge >= 0.3 is 5.97 Å². The molecule has 25 heavy (non-hydrogen) atoms. The maximum absolute atomic E-state index is 12.3. The van der Waals surface area contributed by atoms with Crippen molar-refractivity contribution in [2.75, 3.05) is 5.32 Å². The summed E-state index contributed by atoms with van der Waals surface area (Å²) < 4.78 is 5.28. The summed E-state index contributed by atoms with van der Waals surface area (Å²) in [5.41, 5.74) is 3.58. The predicted octanol–water partition coefficient (Wildman–Crippen LogP) is 3.89. The van der Waals surface area contributed by atoms with Crippen LogP contribution >= 0.6 is 11.6 Å². The first-order chi connectivity index (χ1) is 11.9. The molecule has 2 atom stereocenters. The first kappa shape index (κ1) is 17.5. The Balaban J connectivity index is 1.71. The van der Waals surface area contributed by atoms with Gasteiger partial charge in [0.1, 0.15) is 6.10 Å². The highest BCUT2D eigenvalue weighted by Gasteiger charge is 2.34. The minimum atomic E-state index is -1.03. The largest absolute Gasteiger partial charge is 0.479 e. The summed E-state index contributed by atoms with van der Waals surface area (Å²) in [7, 11) is 0. The topological polar surface area (TPSA) is 75.6 Å². The van der Waals surface area contributed by atoms with Gasteiger partial charge in [-0.25, -0.2) is 4.79 Å². The Hall–Kier alpha value is -2.37. The Labute approximate surface area is 150 Å². The van der Waals surface area contributed by atoms with E-state index < -0.39 is 18.2 Å². The van der Waals surface area contributed by atoms with Crippen molar-refractivity contribution in [2.24, 2.45) is 0 Å². The number of rotatable bonds is 4. The number of halogens is 1. The van der Waals surface area contributed by atoms with Crippen molar-refractivity contribution < 1.29 is 19.4 Å². The van der Waals surface area contributed by atoms with E-state index in [2.05, 4.69) is 5.32 Å². The van der Waals surface area contributed by atoms with Crippen molar-refractivity contribution in [2.45, 2.75) is 32.0 Å². The smallest absolute Gasteiger partial charge is 0.332 e. The fourth-order valence-electron chi connectivity index (χ4n) is 2.88.